The highest BCUT2D eigenvalue weighted by atomic mass is 16.6. The van der Waals surface area contributed by atoms with Gasteiger partial charge in [0.05, 0.1) is 6.61 Å². The third-order valence-corrected chi connectivity index (χ3v) is 12.0. The number of carbonyl (C=O) groups is 3. The average molecular weight is 846 g/mol. The molecule has 1 heterocycles. The molecule has 0 aromatic heterocycles. The van der Waals surface area contributed by atoms with E-state index in [2.05, 4.69) is 19.2 Å². The van der Waals surface area contributed by atoms with Crippen LogP contribution in [0.5, 0.6) is 0 Å². The van der Waals surface area contributed by atoms with Crippen molar-refractivity contribution in [3.05, 3.63) is 35.9 Å². The Kier molecular flexibility index (Phi) is 31.0. The van der Waals surface area contributed by atoms with Crippen molar-refractivity contribution in [3.63, 3.8) is 0 Å². The van der Waals surface area contributed by atoms with E-state index in [0.29, 0.717) is 13.0 Å². The first-order chi connectivity index (χ1) is 29.2. The normalized spacial score (nSPS) is 18.9. The van der Waals surface area contributed by atoms with Crippen LogP contribution in [0.15, 0.2) is 30.3 Å². The molecule has 60 heavy (non-hydrogen) atoms. The summed E-state index contributed by atoms with van der Waals surface area (Å²) in [6.45, 7) is 3.96. The summed E-state index contributed by atoms with van der Waals surface area (Å²) in [6, 6.07) is 8.03. The van der Waals surface area contributed by atoms with E-state index in [1.54, 1.807) is 4.90 Å². The molecule has 0 spiro atoms. The second kappa shape index (κ2) is 34.8. The van der Waals surface area contributed by atoms with E-state index in [0.717, 1.165) is 61.8 Å². The molecule has 0 bridgehead atoms. The number of hydrogen-bond donors (Lipinski definition) is 4. The Balaban J connectivity index is 1.95. The number of carbonyl (C=O) groups excluding carboxylic acids is 3. The van der Waals surface area contributed by atoms with Crippen molar-refractivity contribution in [2.45, 2.75) is 231 Å². The van der Waals surface area contributed by atoms with Crippen molar-refractivity contribution < 1.29 is 39.2 Å². The van der Waals surface area contributed by atoms with Gasteiger partial charge in [0.1, 0.15) is 37.5 Å². The number of aliphatic hydroxyl groups excluding tert-OH is 3. The van der Waals surface area contributed by atoms with Crippen LogP contribution in [0, 0.1) is 0 Å². The first-order valence-electron chi connectivity index (χ1n) is 24.4. The van der Waals surface area contributed by atoms with Gasteiger partial charge in [-0.05, 0) is 18.4 Å². The second-order valence-corrected chi connectivity index (χ2v) is 17.4. The van der Waals surface area contributed by atoms with Crippen LogP contribution in [0.3, 0.4) is 0 Å². The molecule has 11 nitrogen and oxygen atoms in total. The standard InChI is InChI=1S/C49H87N3O8/c1-4-6-8-10-12-14-16-17-18-19-20-22-24-26-28-33-37-52(44(55)36-32-27-25-23-21-15-13-11-9-7-5-2)48-45(47(57)46(56)42(39-53)60-48)50-43(54)38-51(3)49(58)59-40-41-34-30-29-31-35-41/h29-31,34-35,42,45-48,53,56-57H,4-28,32-33,36-40H2,1-3H3,(H,50,54)/t42-,45-,46-,47-,48-/m1/s1. The number of ether oxygens (including phenoxy) is 2. The molecule has 1 aromatic carbocycles. The van der Waals surface area contributed by atoms with Crippen LogP contribution < -0.4 is 5.32 Å². The van der Waals surface area contributed by atoms with Crippen molar-refractivity contribution in [2.24, 2.45) is 0 Å². The van der Waals surface area contributed by atoms with Crippen LogP contribution in [-0.2, 0) is 25.7 Å². The van der Waals surface area contributed by atoms with E-state index in [4.69, 9.17) is 9.47 Å². The number of aliphatic hydroxyl groups is 3. The summed E-state index contributed by atoms with van der Waals surface area (Å²) < 4.78 is 11.5. The molecule has 346 valence electrons. The Labute approximate surface area is 364 Å². The predicted molar refractivity (Wildman–Crippen MR) is 241 cm³/mol. The summed E-state index contributed by atoms with van der Waals surface area (Å²) in [4.78, 5) is 42.8. The van der Waals surface area contributed by atoms with Crippen LogP contribution >= 0.6 is 0 Å². The lowest BCUT2D eigenvalue weighted by molar-refractivity contribution is -0.231. The number of benzene rings is 1. The highest BCUT2D eigenvalue weighted by Crippen LogP contribution is 2.26. The summed E-state index contributed by atoms with van der Waals surface area (Å²) in [7, 11) is 1.44. The van der Waals surface area contributed by atoms with Crippen LogP contribution in [0.25, 0.3) is 0 Å². The Morgan fingerprint density at radius 3 is 1.57 bits per heavy atom. The van der Waals surface area contributed by atoms with Gasteiger partial charge in [0.15, 0.2) is 6.23 Å². The highest BCUT2D eigenvalue weighted by Gasteiger charge is 2.48. The Bertz CT molecular complexity index is 1220. The van der Waals surface area contributed by atoms with E-state index < -0.39 is 49.2 Å². The van der Waals surface area contributed by atoms with Gasteiger partial charge in [0.2, 0.25) is 11.8 Å². The van der Waals surface area contributed by atoms with Crippen LogP contribution in [0.4, 0.5) is 4.79 Å². The molecule has 11 heteroatoms. The zero-order valence-electron chi connectivity index (χ0n) is 38.2. The number of amides is 3. The van der Waals surface area contributed by atoms with E-state index >= 15 is 0 Å². The minimum atomic E-state index is -1.52. The summed E-state index contributed by atoms with van der Waals surface area (Å²) in [6.07, 6.45) is 26.9. The SMILES string of the molecule is CCCCCCCCCCCCCCCCCCN(C(=O)CCCCCCCCCCCCC)[C@@H]1O[C@H](CO)[C@@H](O)[C@H](O)[C@H]1NC(=O)CN(C)C(=O)OCc1ccccc1. The van der Waals surface area contributed by atoms with Gasteiger partial charge in [-0.2, -0.15) is 0 Å². The Hall–Kier alpha value is -2.73. The third kappa shape index (κ3) is 23.5. The largest absolute Gasteiger partial charge is 0.445 e. The number of rotatable bonds is 36. The maximum Gasteiger partial charge on any atom is 0.410 e. The lowest BCUT2D eigenvalue weighted by atomic mass is 9.94. The fourth-order valence-electron chi connectivity index (χ4n) is 8.17. The van der Waals surface area contributed by atoms with Crippen molar-refractivity contribution in [3.8, 4) is 0 Å². The van der Waals surface area contributed by atoms with Gasteiger partial charge in [-0.15, -0.1) is 0 Å². The molecule has 0 aliphatic carbocycles. The lowest BCUT2D eigenvalue weighted by Gasteiger charge is -2.47. The molecule has 0 radical (unpaired) electrons. The summed E-state index contributed by atoms with van der Waals surface area (Å²) in [5, 5.41) is 35.1. The van der Waals surface area contributed by atoms with Crippen LogP contribution in [-0.4, -0.2) is 100 Å². The number of nitrogens with zero attached hydrogens (tertiary/aromatic N) is 2. The van der Waals surface area contributed by atoms with Crippen molar-refractivity contribution in [1.29, 1.82) is 0 Å². The lowest BCUT2D eigenvalue weighted by Crippen LogP contribution is -2.69. The molecule has 4 N–H and O–H groups in total. The molecular formula is C49H87N3O8. The van der Waals surface area contributed by atoms with Gasteiger partial charge >= 0.3 is 6.09 Å². The van der Waals surface area contributed by atoms with Gasteiger partial charge in [-0.1, -0.05) is 205 Å². The van der Waals surface area contributed by atoms with Crippen LogP contribution in [0.1, 0.15) is 199 Å². The number of nitrogens with one attached hydrogen (secondary N) is 1. The number of hydrogen-bond acceptors (Lipinski definition) is 8. The highest BCUT2D eigenvalue weighted by molar-refractivity contribution is 5.82. The van der Waals surface area contributed by atoms with Gasteiger partial charge < -0.3 is 39.9 Å². The van der Waals surface area contributed by atoms with Gasteiger partial charge in [0.25, 0.3) is 0 Å². The molecule has 3 amide bonds. The minimum Gasteiger partial charge on any atom is -0.445 e. The molecule has 0 saturated carbocycles. The predicted octanol–water partition coefficient (Wildman–Crippen LogP) is 9.97. The molecule has 2 rings (SSSR count). The zero-order chi connectivity index (χ0) is 43.6. The minimum absolute atomic E-state index is 0.0488. The monoisotopic (exact) mass is 846 g/mol. The summed E-state index contributed by atoms with van der Waals surface area (Å²) >= 11 is 0. The fraction of sp³-hybridized carbons (Fsp3) is 0.816. The molecule has 1 aromatic rings. The molecular weight excluding hydrogens is 759 g/mol. The third-order valence-electron chi connectivity index (χ3n) is 12.0. The molecule has 5 atom stereocenters. The molecule has 1 saturated heterocycles. The van der Waals surface area contributed by atoms with Crippen molar-refractivity contribution >= 4 is 17.9 Å². The van der Waals surface area contributed by atoms with E-state index in [1.165, 1.54) is 129 Å². The Morgan fingerprint density at radius 1 is 0.650 bits per heavy atom. The average Bonchev–Trinajstić information content (AvgIpc) is 3.25. The Morgan fingerprint density at radius 2 is 1.10 bits per heavy atom. The smallest absolute Gasteiger partial charge is 0.410 e. The molecule has 1 aliphatic heterocycles. The quantitative estimate of drug-likeness (QED) is 0.0488. The van der Waals surface area contributed by atoms with Crippen LogP contribution in [0.2, 0.25) is 0 Å². The van der Waals surface area contributed by atoms with E-state index in [1.807, 2.05) is 30.3 Å². The maximum absolute atomic E-state index is 14.0. The second-order valence-electron chi connectivity index (χ2n) is 17.4. The molecule has 0 unspecified atom stereocenters. The van der Waals surface area contributed by atoms with Crippen molar-refractivity contribution in [2.75, 3.05) is 26.7 Å². The fourth-order valence-corrected chi connectivity index (χ4v) is 8.17. The van der Waals surface area contributed by atoms with Gasteiger partial charge in [0, 0.05) is 20.0 Å². The molecule has 1 aliphatic rings. The van der Waals surface area contributed by atoms with Crippen molar-refractivity contribution in [1.82, 2.24) is 15.1 Å². The topological polar surface area (TPSA) is 149 Å². The first kappa shape index (κ1) is 53.4. The molecule has 1 fully saturated rings. The first-order valence-corrected chi connectivity index (χ1v) is 24.4. The van der Waals surface area contributed by atoms with Gasteiger partial charge in [-0.25, -0.2) is 4.79 Å². The zero-order valence-corrected chi connectivity index (χ0v) is 38.2. The summed E-state index contributed by atoms with van der Waals surface area (Å²) in [5.41, 5.74) is 0.809. The van der Waals surface area contributed by atoms with Gasteiger partial charge in [-0.3, -0.25) is 9.59 Å². The van der Waals surface area contributed by atoms with E-state index in [-0.39, 0.29) is 19.1 Å². The number of unbranched alkanes of at least 4 members (excludes halogenated alkanes) is 25. The summed E-state index contributed by atoms with van der Waals surface area (Å²) in [5.74, 6) is -0.750. The number of likely N-dealkylation sites (N-methyl/N-ethyl adjacent to an activating group) is 1. The maximum atomic E-state index is 14.0. The van der Waals surface area contributed by atoms with E-state index in [9.17, 15) is 29.7 Å².